The zero-order valence-electron chi connectivity index (χ0n) is 28.9. The summed E-state index contributed by atoms with van der Waals surface area (Å²) in [6.07, 6.45) is 5.68. The van der Waals surface area contributed by atoms with Crippen LogP contribution < -0.4 is 5.32 Å². The molecule has 9 heteroatoms. The van der Waals surface area contributed by atoms with Crippen molar-refractivity contribution in [3.05, 3.63) is 178 Å². The summed E-state index contributed by atoms with van der Waals surface area (Å²) < 4.78 is 0. The van der Waals surface area contributed by atoms with Gasteiger partial charge < -0.3 is 10.1 Å². The zero-order chi connectivity index (χ0) is 37.1. The van der Waals surface area contributed by atoms with E-state index in [4.69, 9.17) is 0 Å². The van der Waals surface area contributed by atoms with Crippen molar-refractivity contribution in [2.75, 3.05) is 0 Å². The van der Waals surface area contributed by atoms with E-state index < -0.39 is 41.2 Å². The average molecular weight is 712 g/mol. The number of ketones is 2. The van der Waals surface area contributed by atoms with Crippen LogP contribution in [0.2, 0.25) is 0 Å². The molecule has 2 amide bonds. The SMILES string of the molecule is O=C1c2ccccc2C(=O)c2cc(CN3C(=O)C4C(c5ccc(/C=C/c6ccccc6)cc5)NC(Cc5c[nH]c6ccccc56)(C(=O)O)C4C3=O)ccc21. The third-order valence-electron chi connectivity index (χ3n) is 11.2. The second-order valence-corrected chi connectivity index (χ2v) is 14.2. The maximum Gasteiger partial charge on any atom is 0.325 e. The van der Waals surface area contributed by atoms with Gasteiger partial charge in [0.25, 0.3) is 0 Å². The predicted molar refractivity (Wildman–Crippen MR) is 202 cm³/mol. The third-order valence-corrected chi connectivity index (χ3v) is 11.2. The van der Waals surface area contributed by atoms with Gasteiger partial charge in [-0.1, -0.05) is 115 Å². The molecule has 9 nitrogen and oxygen atoms in total. The van der Waals surface area contributed by atoms with E-state index in [9.17, 15) is 29.1 Å². The number of benzene rings is 5. The van der Waals surface area contributed by atoms with Crippen LogP contribution >= 0.6 is 0 Å². The van der Waals surface area contributed by atoms with Crippen molar-refractivity contribution < 1.29 is 29.1 Å². The van der Waals surface area contributed by atoms with Gasteiger partial charge in [-0.2, -0.15) is 0 Å². The number of nitrogens with one attached hydrogen (secondary N) is 2. The number of carboxylic acid groups (broad SMARTS) is 1. The van der Waals surface area contributed by atoms with Crippen molar-refractivity contribution in [1.29, 1.82) is 0 Å². The maximum atomic E-state index is 14.6. The first kappa shape index (κ1) is 33.1. The Morgan fingerprint density at radius 2 is 1.33 bits per heavy atom. The summed E-state index contributed by atoms with van der Waals surface area (Å²) in [6, 6.07) is 35.6. The topological polar surface area (TPSA) is 137 Å². The van der Waals surface area contributed by atoms with Gasteiger partial charge in [0, 0.05) is 51.8 Å². The monoisotopic (exact) mass is 711 g/mol. The van der Waals surface area contributed by atoms with E-state index in [1.165, 1.54) is 0 Å². The lowest BCUT2D eigenvalue weighted by atomic mass is 9.76. The van der Waals surface area contributed by atoms with Crippen LogP contribution in [0.25, 0.3) is 23.1 Å². The molecule has 264 valence electrons. The zero-order valence-corrected chi connectivity index (χ0v) is 28.9. The fourth-order valence-electron chi connectivity index (χ4n) is 8.52. The molecular weight excluding hydrogens is 679 g/mol. The van der Waals surface area contributed by atoms with Gasteiger partial charge >= 0.3 is 5.97 Å². The maximum absolute atomic E-state index is 14.6. The molecule has 9 rings (SSSR count). The van der Waals surface area contributed by atoms with Gasteiger partial charge in [0.2, 0.25) is 11.8 Å². The number of aromatic nitrogens is 1. The van der Waals surface area contributed by atoms with E-state index in [-0.39, 0.29) is 35.7 Å². The fourth-order valence-corrected chi connectivity index (χ4v) is 8.52. The number of H-pyrrole nitrogens is 1. The van der Waals surface area contributed by atoms with E-state index in [0.29, 0.717) is 27.8 Å². The van der Waals surface area contributed by atoms with Crippen LogP contribution in [0, 0.1) is 11.8 Å². The predicted octanol–water partition coefficient (Wildman–Crippen LogP) is 6.63. The Kier molecular flexibility index (Phi) is 7.83. The van der Waals surface area contributed by atoms with Crippen molar-refractivity contribution in [1.82, 2.24) is 15.2 Å². The smallest absolute Gasteiger partial charge is 0.325 e. The minimum absolute atomic E-state index is 0.0519. The first-order chi connectivity index (χ1) is 26.2. The highest BCUT2D eigenvalue weighted by Crippen LogP contribution is 2.51. The van der Waals surface area contributed by atoms with Crippen LogP contribution in [0.5, 0.6) is 0 Å². The summed E-state index contributed by atoms with van der Waals surface area (Å²) in [5.41, 5.74) is 3.93. The number of carbonyl (C=O) groups excluding carboxylic acids is 4. The van der Waals surface area contributed by atoms with Crippen LogP contribution in [0.15, 0.2) is 128 Å². The lowest BCUT2D eigenvalue weighted by molar-refractivity contribution is -0.151. The summed E-state index contributed by atoms with van der Waals surface area (Å²) >= 11 is 0. The van der Waals surface area contributed by atoms with Crippen molar-refractivity contribution in [2.24, 2.45) is 11.8 Å². The number of para-hydroxylation sites is 1. The first-order valence-corrected chi connectivity index (χ1v) is 17.8. The van der Waals surface area contributed by atoms with Crippen LogP contribution in [-0.4, -0.2) is 49.9 Å². The van der Waals surface area contributed by atoms with Gasteiger partial charge in [-0.05, 0) is 46.0 Å². The minimum Gasteiger partial charge on any atom is -0.480 e. The molecule has 0 saturated carbocycles. The Labute approximate surface area is 309 Å². The van der Waals surface area contributed by atoms with Gasteiger partial charge in [-0.3, -0.25) is 34.2 Å². The van der Waals surface area contributed by atoms with Crippen LogP contribution in [0.4, 0.5) is 0 Å². The molecule has 2 aliphatic heterocycles. The number of aliphatic carboxylic acids is 1. The quantitative estimate of drug-likeness (QED) is 0.119. The highest BCUT2D eigenvalue weighted by atomic mass is 16.4. The minimum atomic E-state index is -1.82. The molecule has 2 saturated heterocycles. The molecule has 3 aliphatic rings. The first-order valence-electron chi connectivity index (χ1n) is 17.8. The van der Waals surface area contributed by atoms with E-state index in [0.717, 1.165) is 26.9 Å². The standard InChI is InChI=1S/C45H33N3O6/c49-40-32-11-4-5-12-33(32)41(50)35-22-28(18-21-34(35)40)25-48-42(51)37-38(43(48)52)45(44(53)54,23-30-24-46-36-13-7-6-10-31(30)36)47-39(37)29-19-16-27(17-20-29)15-14-26-8-2-1-3-9-26/h1-22,24,37-39,46-47H,23,25H2,(H,53,54)/b15-14+. The summed E-state index contributed by atoms with van der Waals surface area (Å²) in [5, 5.41) is 15.2. The lowest BCUT2D eigenvalue weighted by Crippen LogP contribution is -2.57. The number of rotatable bonds is 8. The number of carbonyl (C=O) groups is 5. The van der Waals surface area contributed by atoms with E-state index >= 15 is 0 Å². The van der Waals surface area contributed by atoms with Gasteiger partial charge in [-0.25, -0.2) is 0 Å². The molecule has 6 aromatic rings. The number of imide groups is 1. The molecule has 0 radical (unpaired) electrons. The molecule has 3 heterocycles. The van der Waals surface area contributed by atoms with Crippen LogP contribution in [0.1, 0.15) is 65.7 Å². The van der Waals surface area contributed by atoms with Gasteiger partial charge in [0.15, 0.2) is 11.6 Å². The molecule has 3 N–H and O–H groups in total. The Hall–Kier alpha value is -6.71. The highest BCUT2D eigenvalue weighted by Gasteiger charge is 2.68. The van der Waals surface area contributed by atoms with E-state index in [1.54, 1.807) is 48.7 Å². The lowest BCUT2D eigenvalue weighted by Gasteiger charge is -2.31. The summed E-state index contributed by atoms with van der Waals surface area (Å²) in [4.78, 5) is 73.8. The highest BCUT2D eigenvalue weighted by molar-refractivity contribution is 6.28. The molecule has 0 spiro atoms. The number of hydrogen-bond donors (Lipinski definition) is 3. The number of amides is 2. The Morgan fingerprint density at radius 3 is 2.06 bits per heavy atom. The van der Waals surface area contributed by atoms with Crippen LogP contribution in [-0.2, 0) is 27.3 Å². The molecule has 4 atom stereocenters. The molecule has 1 aromatic heterocycles. The third kappa shape index (κ3) is 5.23. The van der Waals surface area contributed by atoms with E-state index in [2.05, 4.69) is 10.3 Å². The number of fused-ring (bicyclic) bond motifs is 4. The largest absolute Gasteiger partial charge is 0.480 e. The average Bonchev–Trinajstić information content (AvgIpc) is 3.85. The van der Waals surface area contributed by atoms with Crippen molar-refractivity contribution in [3.63, 3.8) is 0 Å². The molecule has 1 aliphatic carbocycles. The van der Waals surface area contributed by atoms with E-state index in [1.807, 2.05) is 91.0 Å². The van der Waals surface area contributed by atoms with Gasteiger partial charge in [0.1, 0.15) is 5.54 Å². The fraction of sp³-hybridized carbons (Fsp3) is 0.133. The number of carboxylic acids is 1. The molecule has 5 aromatic carbocycles. The second kappa shape index (κ2) is 12.8. The van der Waals surface area contributed by atoms with Crippen LogP contribution in [0.3, 0.4) is 0 Å². The van der Waals surface area contributed by atoms with Crippen molar-refractivity contribution >= 4 is 52.4 Å². The summed E-state index contributed by atoms with van der Waals surface area (Å²) in [7, 11) is 0. The Morgan fingerprint density at radius 1 is 0.704 bits per heavy atom. The molecule has 2 fully saturated rings. The second-order valence-electron chi connectivity index (χ2n) is 14.2. The van der Waals surface area contributed by atoms with Crippen molar-refractivity contribution in [2.45, 2.75) is 24.5 Å². The number of likely N-dealkylation sites (tertiary alicyclic amines) is 1. The Bertz CT molecular complexity index is 2570. The van der Waals surface area contributed by atoms with Gasteiger partial charge in [0.05, 0.1) is 18.4 Å². The summed E-state index contributed by atoms with van der Waals surface area (Å²) in [5.74, 6) is -5.16. The molecule has 54 heavy (non-hydrogen) atoms. The molecule has 0 bridgehead atoms. The van der Waals surface area contributed by atoms with Gasteiger partial charge in [-0.15, -0.1) is 0 Å². The van der Waals surface area contributed by atoms with Crippen molar-refractivity contribution in [3.8, 4) is 0 Å². The Balaban J connectivity index is 1.08. The number of aromatic amines is 1. The normalized spacial score (nSPS) is 21.9. The number of nitrogens with zero attached hydrogens (tertiary/aromatic N) is 1. The number of hydrogen-bond acceptors (Lipinski definition) is 6. The summed E-state index contributed by atoms with van der Waals surface area (Å²) in [6.45, 7) is -0.181. The molecule has 4 unspecified atom stereocenters. The molecular formula is C45H33N3O6.